The summed E-state index contributed by atoms with van der Waals surface area (Å²) in [5.74, 6) is -0.668. The Kier molecular flexibility index (Phi) is 6.81. The van der Waals surface area contributed by atoms with Gasteiger partial charge in [-0.2, -0.15) is 0 Å². The first kappa shape index (κ1) is 21.5. The summed E-state index contributed by atoms with van der Waals surface area (Å²) in [4.78, 5) is 12.4. The molecule has 0 saturated heterocycles. The highest BCUT2D eigenvalue weighted by Gasteiger charge is 2.17. The van der Waals surface area contributed by atoms with Crippen molar-refractivity contribution in [3.05, 3.63) is 90.2 Å². The van der Waals surface area contributed by atoms with E-state index in [2.05, 4.69) is 10.0 Å². The number of anilines is 1. The van der Waals surface area contributed by atoms with Gasteiger partial charge in [-0.25, -0.2) is 17.5 Å². The maximum absolute atomic E-state index is 13.2. The molecule has 0 aromatic heterocycles. The molecule has 30 heavy (non-hydrogen) atoms. The molecular weight excluding hydrogens is 407 g/mol. The number of rotatable bonds is 8. The highest BCUT2D eigenvalue weighted by atomic mass is 32.2. The van der Waals surface area contributed by atoms with Gasteiger partial charge in [-0.05, 0) is 48.9 Å². The number of amides is 1. The molecule has 8 heteroatoms. The van der Waals surface area contributed by atoms with E-state index < -0.39 is 27.9 Å². The number of halogens is 1. The number of nitrogens with one attached hydrogen (secondary N) is 2. The largest absolute Gasteiger partial charge is 0.481 e. The maximum atomic E-state index is 13.2. The zero-order valence-electron chi connectivity index (χ0n) is 16.2. The van der Waals surface area contributed by atoms with Crippen LogP contribution in [0, 0.1) is 5.82 Å². The van der Waals surface area contributed by atoms with Gasteiger partial charge in [0.05, 0.1) is 4.90 Å². The van der Waals surface area contributed by atoms with Crippen molar-refractivity contribution in [3.8, 4) is 5.75 Å². The van der Waals surface area contributed by atoms with E-state index in [1.807, 2.05) is 30.3 Å². The molecule has 1 atom stereocenters. The van der Waals surface area contributed by atoms with E-state index in [0.29, 0.717) is 5.69 Å². The Hall–Kier alpha value is -3.23. The van der Waals surface area contributed by atoms with Crippen LogP contribution in [0.15, 0.2) is 83.8 Å². The number of benzene rings is 3. The van der Waals surface area contributed by atoms with Crippen LogP contribution >= 0.6 is 0 Å². The first-order valence-electron chi connectivity index (χ1n) is 9.20. The summed E-state index contributed by atoms with van der Waals surface area (Å²) in [6.07, 6.45) is -0.872. The minimum Gasteiger partial charge on any atom is -0.481 e. The SMILES string of the molecule is C[C@H](Oc1cccc(F)c1)C(=O)Nc1ccc(S(=O)(=O)NCc2ccccc2)cc1. The monoisotopic (exact) mass is 428 g/mol. The molecule has 6 nitrogen and oxygen atoms in total. The number of hydrogen-bond acceptors (Lipinski definition) is 4. The fourth-order valence-electron chi connectivity index (χ4n) is 2.62. The number of carbonyl (C=O) groups is 1. The summed E-state index contributed by atoms with van der Waals surface area (Å²) in [6.45, 7) is 1.71. The predicted molar refractivity (Wildman–Crippen MR) is 112 cm³/mol. The molecule has 2 N–H and O–H groups in total. The van der Waals surface area contributed by atoms with Crippen molar-refractivity contribution in [1.29, 1.82) is 0 Å². The molecule has 3 rings (SSSR count). The molecule has 0 aliphatic carbocycles. The summed E-state index contributed by atoms with van der Waals surface area (Å²) in [6, 6.07) is 20.5. The van der Waals surface area contributed by atoms with Gasteiger partial charge in [0.1, 0.15) is 11.6 Å². The average molecular weight is 428 g/mol. The Morgan fingerprint density at radius 1 is 1.00 bits per heavy atom. The minimum atomic E-state index is -3.69. The van der Waals surface area contributed by atoms with Crippen LogP contribution in [0.25, 0.3) is 0 Å². The molecule has 156 valence electrons. The summed E-state index contributed by atoms with van der Waals surface area (Å²) >= 11 is 0. The van der Waals surface area contributed by atoms with Gasteiger partial charge in [-0.15, -0.1) is 0 Å². The van der Waals surface area contributed by atoms with Crippen LogP contribution in [0.3, 0.4) is 0 Å². The Morgan fingerprint density at radius 3 is 2.37 bits per heavy atom. The van der Waals surface area contributed by atoms with Gasteiger partial charge in [0, 0.05) is 18.3 Å². The van der Waals surface area contributed by atoms with Gasteiger partial charge in [0.2, 0.25) is 10.0 Å². The van der Waals surface area contributed by atoms with Crippen molar-refractivity contribution in [2.75, 3.05) is 5.32 Å². The number of carbonyl (C=O) groups excluding carboxylic acids is 1. The molecule has 3 aromatic carbocycles. The lowest BCUT2D eigenvalue weighted by atomic mass is 10.2. The Bertz CT molecular complexity index is 1100. The van der Waals surface area contributed by atoms with E-state index >= 15 is 0 Å². The van der Waals surface area contributed by atoms with Gasteiger partial charge in [0.15, 0.2) is 6.10 Å². The third-order valence-corrected chi connectivity index (χ3v) is 5.64. The lowest BCUT2D eigenvalue weighted by Crippen LogP contribution is -2.30. The molecule has 0 unspecified atom stereocenters. The van der Waals surface area contributed by atoms with E-state index in [0.717, 1.165) is 5.56 Å². The van der Waals surface area contributed by atoms with Crippen LogP contribution in [0.1, 0.15) is 12.5 Å². The normalized spacial score (nSPS) is 12.2. The average Bonchev–Trinajstić information content (AvgIpc) is 2.73. The molecule has 0 bridgehead atoms. The Morgan fingerprint density at radius 2 is 1.70 bits per heavy atom. The van der Waals surface area contributed by atoms with Crippen molar-refractivity contribution in [3.63, 3.8) is 0 Å². The first-order valence-corrected chi connectivity index (χ1v) is 10.7. The van der Waals surface area contributed by atoms with Gasteiger partial charge in [-0.3, -0.25) is 4.79 Å². The van der Waals surface area contributed by atoms with Crippen LogP contribution in [0.5, 0.6) is 5.75 Å². The van der Waals surface area contributed by atoms with Crippen LogP contribution in [0.2, 0.25) is 0 Å². The molecule has 0 saturated carbocycles. The zero-order valence-corrected chi connectivity index (χ0v) is 17.0. The number of ether oxygens (including phenoxy) is 1. The molecule has 0 radical (unpaired) electrons. The molecule has 1 amide bonds. The second kappa shape index (κ2) is 9.51. The van der Waals surface area contributed by atoms with Crippen molar-refractivity contribution >= 4 is 21.6 Å². The highest BCUT2D eigenvalue weighted by molar-refractivity contribution is 7.89. The summed E-state index contributed by atoms with van der Waals surface area (Å²) in [5, 5.41) is 2.64. The van der Waals surface area contributed by atoms with E-state index in [1.165, 1.54) is 49.4 Å². The van der Waals surface area contributed by atoms with E-state index in [9.17, 15) is 17.6 Å². The lowest BCUT2D eigenvalue weighted by Gasteiger charge is -2.15. The fourth-order valence-corrected chi connectivity index (χ4v) is 3.63. The molecular formula is C22H21FN2O4S. The van der Waals surface area contributed by atoms with Crippen LogP contribution in [0.4, 0.5) is 10.1 Å². The van der Waals surface area contributed by atoms with E-state index in [4.69, 9.17) is 4.74 Å². The van der Waals surface area contributed by atoms with Crippen molar-refractivity contribution in [2.45, 2.75) is 24.5 Å². The highest BCUT2D eigenvalue weighted by Crippen LogP contribution is 2.17. The van der Waals surface area contributed by atoms with E-state index in [1.54, 1.807) is 6.07 Å². The van der Waals surface area contributed by atoms with Crippen molar-refractivity contribution in [1.82, 2.24) is 4.72 Å². The van der Waals surface area contributed by atoms with Crippen LogP contribution < -0.4 is 14.8 Å². The van der Waals surface area contributed by atoms with E-state index in [-0.39, 0.29) is 17.2 Å². The Balaban J connectivity index is 1.58. The number of sulfonamides is 1. The zero-order chi connectivity index (χ0) is 21.6. The van der Waals surface area contributed by atoms with Gasteiger partial charge < -0.3 is 10.1 Å². The summed E-state index contributed by atoms with van der Waals surface area (Å²) in [7, 11) is -3.69. The first-order chi connectivity index (χ1) is 14.3. The smallest absolute Gasteiger partial charge is 0.265 e. The third-order valence-electron chi connectivity index (χ3n) is 4.22. The van der Waals surface area contributed by atoms with Crippen molar-refractivity contribution < 1.29 is 22.3 Å². The molecule has 0 fully saturated rings. The van der Waals surface area contributed by atoms with Gasteiger partial charge in [-0.1, -0.05) is 36.4 Å². The lowest BCUT2D eigenvalue weighted by molar-refractivity contribution is -0.122. The molecule has 0 spiro atoms. The summed E-state index contributed by atoms with van der Waals surface area (Å²) in [5.41, 5.74) is 1.26. The second-order valence-corrected chi connectivity index (χ2v) is 8.31. The molecule has 0 aliphatic heterocycles. The third kappa shape index (κ3) is 5.88. The van der Waals surface area contributed by atoms with Crippen molar-refractivity contribution in [2.24, 2.45) is 0 Å². The summed E-state index contributed by atoms with van der Waals surface area (Å²) < 4.78 is 46.0. The predicted octanol–water partition coefficient (Wildman–Crippen LogP) is 3.71. The van der Waals surface area contributed by atoms with Gasteiger partial charge in [0.25, 0.3) is 5.91 Å². The topological polar surface area (TPSA) is 84.5 Å². The molecule has 3 aromatic rings. The van der Waals surface area contributed by atoms with Crippen LogP contribution in [-0.4, -0.2) is 20.4 Å². The minimum absolute atomic E-state index is 0.0838. The van der Waals surface area contributed by atoms with Gasteiger partial charge >= 0.3 is 0 Å². The van der Waals surface area contributed by atoms with Crippen LogP contribution in [-0.2, 0) is 21.4 Å². The quantitative estimate of drug-likeness (QED) is 0.573. The second-order valence-electron chi connectivity index (χ2n) is 6.54. The molecule has 0 heterocycles. The molecule has 0 aliphatic rings. The fraction of sp³-hybridized carbons (Fsp3) is 0.136. The number of hydrogen-bond donors (Lipinski definition) is 2. The Labute approximate surface area is 174 Å². The standard InChI is InChI=1S/C22H21FN2O4S/c1-16(29-20-9-5-8-18(23)14-20)22(26)25-19-10-12-21(13-11-19)30(27,28)24-15-17-6-3-2-4-7-17/h2-14,16,24H,15H2,1H3,(H,25,26)/t16-/m0/s1. The maximum Gasteiger partial charge on any atom is 0.265 e.